The molecule has 4 nitrogen and oxygen atoms in total. The Morgan fingerprint density at radius 1 is 1.44 bits per heavy atom. The summed E-state index contributed by atoms with van der Waals surface area (Å²) >= 11 is 9.27. The Hall–Kier alpha value is -1.20. The summed E-state index contributed by atoms with van der Waals surface area (Å²) in [6.07, 6.45) is 0. The van der Waals surface area contributed by atoms with Crippen LogP contribution in [0, 0.1) is 6.92 Å². The number of aromatic nitrogens is 2. The number of halogens is 2. The van der Waals surface area contributed by atoms with Crippen LogP contribution in [-0.2, 0) is 0 Å². The average Bonchev–Trinajstić information content (AvgIpc) is 2.50. The molecule has 4 N–H and O–H groups in total. The fourth-order valence-corrected chi connectivity index (χ4v) is 1.91. The Kier molecular flexibility index (Phi) is 2.82. The van der Waals surface area contributed by atoms with Crippen LogP contribution in [0.1, 0.15) is 5.82 Å². The number of benzene rings is 1. The minimum absolute atomic E-state index is 0.437. The van der Waals surface area contributed by atoms with Crippen molar-refractivity contribution in [3.8, 4) is 11.3 Å². The van der Waals surface area contributed by atoms with E-state index < -0.39 is 0 Å². The first-order chi connectivity index (χ1) is 7.50. The number of anilines is 1. The Labute approximate surface area is 106 Å². The van der Waals surface area contributed by atoms with Crippen molar-refractivity contribution in [3.05, 3.63) is 33.5 Å². The van der Waals surface area contributed by atoms with E-state index in [0.29, 0.717) is 22.4 Å². The van der Waals surface area contributed by atoms with Gasteiger partial charge in [0.25, 0.3) is 0 Å². The molecule has 0 spiro atoms. The average molecular weight is 302 g/mol. The summed E-state index contributed by atoms with van der Waals surface area (Å²) in [6, 6.07) is 5.50. The lowest BCUT2D eigenvalue weighted by Crippen LogP contribution is -2.13. The van der Waals surface area contributed by atoms with Crippen LogP contribution in [0.2, 0.25) is 5.02 Å². The van der Waals surface area contributed by atoms with Gasteiger partial charge in [-0.15, -0.1) is 0 Å². The van der Waals surface area contributed by atoms with Gasteiger partial charge in [-0.25, -0.2) is 9.66 Å². The maximum atomic E-state index is 5.92. The standard InChI is InChI=1S/C10H10BrClN4/c1-5-15-9(10(13)16(5)14)6-2-3-8(12)7(11)4-6/h2-4H,13-14H2,1H3. The molecule has 6 heteroatoms. The second-order valence-corrected chi connectivity index (χ2v) is 4.65. The van der Waals surface area contributed by atoms with Crippen molar-refractivity contribution in [2.45, 2.75) is 6.92 Å². The van der Waals surface area contributed by atoms with Crippen molar-refractivity contribution in [2.24, 2.45) is 0 Å². The van der Waals surface area contributed by atoms with Gasteiger partial charge in [-0.1, -0.05) is 17.7 Å². The molecule has 84 valence electrons. The van der Waals surface area contributed by atoms with Gasteiger partial charge in [0, 0.05) is 10.0 Å². The van der Waals surface area contributed by atoms with Crippen molar-refractivity contribution in [1.82, 2.24) is 9.66 Å². The summed E-state index contributed by atoms with van der Waals surface area (Å²) in [6.45, 7) is 1.80. The largest absolute Gasteiger partial charge is 0.382 e. The van der Waals surface area contributed by atoms with Crippen LogP contribution < -0.4 is 11.6 Å². The normalized spacial score (nSPS) is 10.7. The molecule has 0 saturated carbocycles. The monoisotopic (exact) mass is 300 g/mol. The number of nitrogen functional groups attached to an aromatic ring is 2. The molecule has 0 unspecified atom stereocenters. The van der Waals surface area contributed by atoms with E-state index in [0.717, 1.165) is 10.0 Å². The molecule has 0 saturated heterocycles. The van der Waals surface area contributed by atoms with Gasteiger partial charge in [0.15, 0.2) is 5.82 Å². The molecule has 2 aromatic rings. The van der Waals surface area contributed by atoms with Gasteiger partial charge in [-0.3, -0.25) is 0 Å². The highest BCUT2D eigenvalue weighted by atomic mass is 79.9. The lowest BCUT2D eigenvalue weighted by molar-refractivity contribution is 0.937. The lowest BCUT2D eigenvalue weighted by atomic mass is 10.1. The zero-order chi connectivity index (χ0) is 11.9. The summed E-state index contributed by atoms with van der Waals surface area (Å²) in [4.78, 5) is 4.30. The smallest absolute Gasteiger partial charge is 0.150 e. The fraction of sp³-hybridized carbons (Fsp3) is 0.100. The third-order valence-corrected chi connectivity index (χ3v) is 3.53. The van der Waals surface area contributed by atoms with Gasteiger partial charge >= 0.3 is 0 Å². The van der Waals surface area contributed by atoms with Crippen LogP contribution in [0.15, 0.2) is 22.7 Å². The molecule has 0 radical (unpaired) electrons. The number of imidazole rings is 1. The highest BCUT2D eigenvalue weighted by Gasteiger charge is 2.12. The lowest BCUT2D eigenvalue weighted by Gasteiger charge is -2.02. The molecule has 0 atom stereocenters. The van der Waals surface area contributed by atoms with E-state index in [9.17, 15) is 0 Å². The molecule has 16 heavy (non-hydrogen) atoms. The molecule has 0 aliphatic heterocycles. The third kappa shape index (κ3) is 1.76. The number of hydrogen-bond acceptors (Lipinski definition) is 3. The quantitative estimate of drug-likeness (QED) is 0.795. The predicted molar refractivity (Wildman–Crippen MR) is 69.7 cm³/mol. The second kappa shape index (κ2) is 3.99. The van der Waals surface area contributed by atoms with Gasteiger partial charge in [-0.2, -0.15) is 0 Å². The van der Waals surface area contributed by atoms with Gasteiger partial charge < -0.3 is 11.6 Å². The minimum atomic E-state index is 0.437. The summed E-state index contributed by atoms with van der Waals surface area (Å²) in [5.74, 6) is 6.80. The molecule has 0 amide bonds. The van der Waals surface area contributed by atoms with Crippen LogP contribution in [0.25, 0.3) is 11.3 Å². The zero-order valence-electron chi connectivity index (χ0n) is 8.54. The van der Waals surface area contributed by atoms with E-state index in [1.807, 2.05) is 12.1 Å². The van der Waals surface area contributed by atoms with Crippen molar-refractivity contribution < 1.29 is 0 Å². The number of rotatable bonds is 1. The van der Waals surface area contributed by atoms with Crippen LogP contribution in [0.4, 0.5) is 5.82 Å². The Balaban J connectivity index is 2.59. The zero-order valence-corrected chi connectivity index (χ0v) is 10.9. The van der Waals surface area contributed by atoms with E-state index in [1.165, 1.54) is 4.68 Å². The number of nitrogens with two attached hydrogens (primary N) is 2. The van der Waals surface area contributed by atoms with Crippen LogP contribution >= 0.6 is 27.5 Å². The molecule has 0 fully saturated rings. The highest BCUT2D eigenvalue weighted by Crippen LogP contribution is 2.30. The fourth-order valence-electron chi connectivity index (χ4n) is 1.42. The van der Waals surface area contributed by atoms with Gasteiger partial charge in [0.2, 0.25) is 0 Å². The molecule has 1 heterocycles. The molecule has 1 aromatic carbocycles. The van der Waals surface area contributed by atoms with Crippen molar-refractivity contribution >= 4 is 33.3 Å². The maximum Gasteiger partial charge on any atom is 0.150 e. The van der Waals surface area contributed by atoms with Crippen molar-refractivity contribution in [3.63, 3.8) is 0 Å². The summed E-state index contributed by atoms with van der Waals surface area (Å²) in [5, 5.41) is 0.645. The molecule has 0 aliphatic carbocycles. The van der Waals surface area contributed by atoms with Gasteiger partial charge in [-0.05, 0) is 35.0 Å². The maximum absolute atomic E-state index is 5.92. The molecular formula is C10H10BrClN4. The highest BCUT2D eigenvalue weighted by molar-refractivity contribution is 9.10. The molecule has 0 bridgehead atoms. The van der Waals surface area contributed by atoms with E-state index >= 15 is 0 Å². The summed E-state index contributed by atoms with van der Waals surface area (Å²) in [5.41, 5.74) is 7.39. The van der Waals surface area contributed by atoms with E-state index in [1.54, 1.807) is 13.0 Å². The number of hydrogen-bond donors (Lipinski definition) is 2. The van der Waals surface area contributed by atoms with Crippen LogP contribution in [-0.4, -0.2) is 9.66 Å². The van der Waals surface area contributed by atoms with Gasteiger partial charge in [0.1, 0.15) is 11.5 Å². The summed E-state index contributed by atoms with van der Waals surface area (Å²) in [7, 11) is 0. The first-order valence-electron chi connectivity index (χ1n) is 4.56. The SMILES string of the molecule is Cc1nc(-c2ccc(Cl)c(Br)c2)c(N)n1N. The number of nitrogens with zero attached hydrogens (tertiary/aromatic N) is 2. The van der Waals surface area contributed by atoms with Crippen LogP contribution in [0.3, 0.4) is 0 Å². The van der Waals surface area contributed by atoms with Crippen molar-refractivity contribution in [1.29, 1.82) is 0 Å². The predicted octanol–water partition coefficient (Wildman–Crippen LogP) is 2.57. The van der Waals surface area contributed by atoms with Gasteiger partial charge in [0.05, 0.1) is 5.02 Å². The first-order valence-corrected chi connectivity index (χ1v) is 5.73. The minimum Gasteiger partial charge on any atom is -0.382 e. The molecule has 2 rings (SSSR count). The van der Waals surface area contributed by atoms with E-state index in [2.05, 4.69) is 20.9 Å². The summed E-state index contributed by atoms with van der Waals surface area (Å²) < 4.78 is 2.16. The molecule has 1 aromatic heterocycles. The van der Waals surface area contributed by atoms with Crippen LogP contribution in [0.5, 0.6) is 0 Å². The van der Waals surface area contributed by atoms with Crippen molar-refractivity contribution in [2.75, 3.05) is 11.6 Å². The third-order valence-electron chi connectivity index (χ3n) is 2.32. The Morgan fingerprint density at radius 2 is 2.12 bits per heavy atom. The first kappa shape index (κ1) is 11.3. The van der Waals surface area contributed by atoms with E-state index in [4.69, 9.17) is 23.2 Å². The number of aryl methyl sites for hydroxylation is 1. The second-order valence-electron chi connectivity index (χ2n) is 3.39. The Bertz CT molecular complexity index is 550. The Morgan fingerprint density at radius 3 is 2.62 bits per heavy atom. The van der Waals surface area contributed by atoms with E-state index in [-0.39, 0.29) is 0 Å². The topological polar surface area (TPSA) is 69.9 Å². The molecular weight excluding hydrogens is 291 g/mol. The molecule has 0 aliphatic rings.